The van der Waals surface area contributed by atoms with Crippen LogP contribution < -0.4 is 20.1 Å². The summed E-state index contributed by atoms with van der Waals surface area (Å²) in [6, 6.07) is 13.1. The lowest BCUT2D eigenvalue weighted by atomic mass is 10.1. The number of carbonyl (C=O) groups is 3. The van der Waals surface area contributed by atoms with Gasteiger partial charge in [0.25, 0.3) is 0 Å². The van der Waals surface area contributed by atoms with Gasteiger partial charge in [0.2, 0.25) is 17.7 Å². The van der Waals surface area contributed by atoms with Gasteiger partial charge < -0.3 is 29.7 Å². The van der Waals surface area contributed by atoms with Crippen LogP contribution in [0.2, 0.25) is 0 Å². The SMILES string of the molecule is CC[C@H](C(=O)NC[C@@H]1CCCO1)N(Cc1ccc(OC)cc1)C(=O)C[S@@](=O)CC(=O)Nc1ccc(OC)cc1. The molecule has 3 atom stereocenters. The molecule has 0 saturated carbocycles. The van der Waals surface area contributed by atoms with E-state index in [0.29, 0.717) is 36.8 Å². The fraction of sp³-hybridized carbons (Fsp3) is 0.464. The van der Waals surface area contributed by atoms with Gasteiger partial charge in [0.15, 0.2) is 0 Å². The summed E-state index contributed by atoms with van der Waals surface area (Å²) < 4.78 is 28.7. The number of rotatable bonds is 14. The van der Waals surface area contributed by atoms with Gasteiger partial charge in [-0.3, -0.25) is 18.6 Å². The molecule has 3 rings (SSSR count). The quantitative estimate of drug-likeness (QED) is 0.365. The number of hydrogen-bond acceptors (Lipinski definition) is 7. The molecular weight excluding hydrogens is 522 g/mol. The van der Waals surface area contributed by atoms with Crippen molar-refractivity contribution in [1.82, 2.24) is 10.2 Å². The summed E-state index contributed by atoms with van der Waals surface area (Å²) in [6.07, 6.45) is 2.17. The maximum atomic E-state index is 13.4. The van der Waals surface area contributed by atoms with Crippen LogP contribution in [0.15, 0.2) is 48.5 Å². The number of nitrogens with zero attached hydrogens (tertiary/aromatic N) is 1. The number of amides is 3. The zero-order chi connectivity index (χ0) is 28.2. The lowest BCUT2D eigenvalue weighted by molar-refractivity contribution is -0.139. The molecule has 2 aromatic carbocycles. The van der Waals surface area contributed by atoms with Crippen molar-refractivity contribution in [2.24, 2.45) is 0 Å². The molecule has 1 fully saturated rings. The maximum Gasteiger partial charge on any atom is 0.242 e. The number of carbonyl (C=O) groups excluding carboxylic acids is 3. The van der Waals surface area contributed by atoms with Crippen LogP contribution in [-0.4, -0.2) is 77.9 Å². The van der Waals surface area contributed by atoms with Gasteiger partial charge in [0.1, 0.15) is 29.0 Å². The minimum atomic E-state index is -1.78. The Morgan fingerprint density at radius 3 is 2.23 bits per heavy atom. The van der Waals surface area contributed by atoms with Gasteiger partial charge in [0, 0.05) is 36.2 Å². The first kappa shape index (κ1) is 30.1. The average molecular weight is 560 g/mol. The molecule has 0 bridgehead atoms. The predicted octanol–water partition coefficient (Wildman–Crippen LogP) is 2.49. The van der Waals surface area contributed by atoms with Crippen LogP contribution in [0.3, 0.4) is 0 Å². The van der Waals surface area contributed by atoms with E-state index in [1.807, 2.05) is 19.1 Å². The van der Waals surface area contributed by atoms with Crippen LogP contribution in [-0.2, 0) is 36.5 Å². The van der Waals surface area contributed by atoms with E-state index in [2.05, 4.69) is 10.6 Å². The molecule has 11 heteroatoms. The van der Waals surface area contributed by atoms with Crippen molar-refractivity contribution in [1.29, 1.82) is 0 Å². The van der Waals surface area contributed by atoms with Crippen molar-refractivity contribution in [3.8, 4) is 11.5 Å². The first-order chi connectivity index (χ1) is 18.8. The van der Waals surface area contributed by atoms with E-state index in [1.165, 1.54) is 4.90 Å². The van der Waals surface area contributed by atoms with Gasteiger partial charge in [0.05, 0.1) is 20.3 Å². The van der Waals surface area contributed by atoms with Crippen molar-refractivity contribution in [3.63, 3.8) is 0 Å². The highest BCUT2D eigenvalue weighted by Crippen LogP contribution is 2.18. The fourth-order valence-corrected chi connectivity index (χ4v) is 5.18. The van der Waals surface area contributed by atoms with E-state index < -0.39 is 28.7 Å². The third kappa shape index (κ3) is 9.36. The first-order valence-corrected chi connectivity index (χ1v) is 14.4. The van der Waals surface area contributed by atoms with E-state index in [0.717, 1.165) is 18.4 Å². The second kappa shape index (κ2) is 15.2. The molecule has 1 aliphatic rings. The number of ether oxygens (including phenoxy) is 3. The Balaban J connectivity index is 1.66. The summed E-state index contributed by atoms with van der Waals surface area (Å²) in [5.41, 5.74) is 1.32. The first-order valence-electron chi connectivity index (χ1n) is 12.9. The average Bonchev–Trinajstić information content (AvgIpc) is 3.46. The highest BCUT2D eigenvalue weighted by Gasteiger charge is 2.30. The Hall–Kier alpha value is -3.44. The minimum Gasteiger partial charge on any atom is -0.497 e. The molecule has 1 heterocycles. The number of methoxy groups -OCH3 is 2. The minimum absolute atomic E-state index is 0.0334. The standard InChI is InChI=1S/C28H37N3O7S/c1-4-25(28(34)29-16-24-6-5-15-38-24)31(17-20-7-11-22(36-2)12-8-20)27(33)19-39(35)18-26(32)30-21-9-13-23(37-3)14-10-21/h7-14,24-25H,4-6,15-19H2,1-3H3,(H,29,34)(H,30,32)/t24-,25+,39-/m0/s1. The largest absolute Gasteiger partial charge is 0.497 e. The van der Waals surface area contributed by atoms with Crippen LogP contribution in [0, 0.1) is 0 Å². The topological polar surface area (TPSA) is 123 Å². The van der Waals surface area contributed by atoms with Crippen LogP contribution in [0.5, 0.6) is 11.5 Å². The van der Waals surface area contributed by atoms with E-state index in [1.54, 1.807) is 50.6 Å². The zero-order valence-electron chi connectivity index (χ0n) is 22.6. The molecule has 2 aromatic rings. The third-order valence-electron chi connectivity index (χ3n) is 6.38. The van der Waals surface area contributed by atoms with Gasteiger partial charge in [-0.1, -0.05) is 19.1 Å². The Labute approximate surface area is 231 Å². The van der Waals surface area contributed by atoms with E-state index in [-0.39, 0.29) is 30.1 Å². The molecule has 10 nitrogen and oxygen atoms in total. The van der Waals surface area contributed by atoms with Crippen LogP contribution in [0.1, 0.15) is 31.7 Å². The molecule has 0 aliphatic carbocycles. The highest BCUT2D eigenvalue weighted by molar-refractivity contribution is 7.86. The molecule has 1 saturated heterocycles. The number of nitrogens with one attached hydrogen (secondary N) is 2. The Kier molecular flexibility index (Phi) is 11.8. The predicted molar refractivity (Wildman–Crippen MR) is 149 cm³/mol. The monoisotopic (exact) mass is 559 g/mol. The van der Waals surface area contributed by atoms with Crippen LogP contribution >= 0.6 is 0 Å². The zero-order valence-corrected chi connectivity index (χ0v) is 23.5. The number of hydrogen-bond donors (Lipinski definition) is 2. The fourth-order valence-electron chi connectivity index (χ4n) is 4.27. The van der Waals surface area contributed by atoms with Gasteiger partial charge in [-0.05, 0) is 61.2 Å². The lowest BCUT2D eigenvalue weighted by Gasteiger charge is -2.31. The summed E-state index contributed by atoms with van der Waals surface area (Å²) in [6.45, 7) is 3.02. The smallest absolute Gasteiger partial charge is 0.242 e. The van der Waals surface area contributed by atoms with E-state index in [9.17, 15) is 18.6 Å². The third-order valence-corrected chi connectivity index (χ3v) is 7.53. The Morgan fingerprint density at radius 1 is 1.03 bits per heavy atom. The molecule has 39 heavy (non-hydrogen) atoms. The normalized spacial score (nSPS) is 16.1. The summed E-state index contributed by atoms with van der Waals surface area (Å²) in [5, 5.41) is 5.58. The molecule has 1 aliphatic heterocycles. The molecule has 0 unspecified atom stereocenters. The Morgan fingerprint density at radius 2 is 1.67 bits per heavy atom. The van der Waals surface area contributed by atoms with E-state index >= 15 is 0 Å². The molecule has 0 aromatic heterocycles. The summed E-state index contributed by atoms with van der Waals surface area (Å²) in [5.74, 6) is -0.670. The van der Waals surface area contributed by atoms with Crippen LogP contribution in [0.4, 0.5) is 5.69 Å². The number of anilines is 1. The summed E-state index contributed by atoms with van der Waals surface area (Å²) >= 11 is 0. The molecule has 0 radical (unpaired) electrons. The summed E-state index contributed by atoms with van der Waals surface area (Å²) in [7, 11) is 1.33. The number of benzene rings is 2. The molecule has 2 N–H and O–H groups in total. The van der Waals surface area contributed by atoms with Crippen molar-refractivity contribution < 1.29 is 32.8 Å². The van der Waals surface area contributed by atoms with Crippen LogP contribution in [0.25, 0.3) is 0 Å². The van der Waals surface area contributed by atoms with Crippen molar-refractivity contribution in [2.75, 3.05) is 44.2 Å². The summed E-state index contributed by atoms with van der Waals surface area (Å²) in [4.78, 5) is 40.4. The van der Waals surface area contributed by atoms with Gasteiger partial charge in [-0.15, -0.1) is 0 Å². The second-order valence-electron chi connectivity index (χ2n) is 9.18. The molecular formula is C28H37N3O7S. The van der Waals surface area contributed by atoms with Crippen molar-refractivity contribution in [3.05, 3.63) is 54.1 Å². The maximum absolute atomic E-state index is 13.4. The molecule has 212 valence electrons. The highest BCUT2D eigenvalue weighted by atomic mass is 32.2. The van der Waals surface area contributed by atoms with Gasteiger partial charge in [-0.25, -0.2) is 0 Å². The lowest BCUT2D eigenvalue weighted by Crippen LogP contribution is -2.51. The molecule has 3 amide bonds. The molecule has 0 spiro atoms. The Bertz CT molecular complexity index is 1120. The van der Waals surface area contributed by atoms with Gasteiger partial charge in [-0.2, -0.15) is 0 Å². The van der Waals surface area contributed by atoms with Crippen molar-refractivity contribution >= 4 is 34.2 Å². The van der Waals surface area contributed by atoms with Gasteiger partial charge >= 0.3 is 0 Å². The van der Waals surface area contributed by atoms with E-state index in [4.69, 9.17) is 14.2 Å². The van der Waals surface area contributed by atoms with Crippen molar-refractivity contribution in [2.45, 2.75) is 44.9 Å². The second-order valence-corrected chi connectivity index (χ2v) is 10.6.